The monoisotopic (exact) mass is 273 g/mol. The molecule has 0 aliphatic heterocycles. The maximum absolute atomic E-state index is 12.0. The molecule has 1 N–H and O–H groups in total. The van der Waals surface area contributed by atoms with E-state index in [1.807, 2.05) is 7.05 Å². The van der Waals surface area contributed by atoms with Crippen LogP contribution in [0.1, 0.15) is 31.4 Å². The van der Waals surface area contributed by atoms with Gasteiger partial charge in [-0.05, 0) is 37.7 Å². The van der Waals surface area contributed by atoms with Crippen LogP contribution in [0.5, 0.6) is 5.75 Å². The van der Waals surface area contributed by atoms with E-state index in [2.05, 4.69) is 16.6 Å². The summed E-state index contributed by atoms with van der Waals surface area (Å²) >= 11 is 0. The first-order valence-corrected chi connectivity index (χ1v) is 6.44. The Morgan fingerprint density at radius 3 is 2.42 bits per heavy atom. The number of halogens is 2. The zero-order valence-corrected chi connectivity index (χ0v) is 11.4. The number of benzene rings is 1. The number of unbranched alkanes of at least 4 members (excludes halogenated alkanes) is 1. The van der Waals surface area contributed by atoms with E-state index in [0.29, 0.717) is 12.1 Å². The molecule has 0 bridgehead atoms. The van der Waals surface area contributed by atoms with Crippen molar-refractivity contribution in [1.29, 1.82) is 0 Å². The number of ether oxygens (including phenoxy) is 1. The van der Waals surface area contributed by atoms with Crippen LogP contribution in [-0.2, 0) is 0 Å². The number of hydrogen-bond acceptors (Lipinski definition) is 3. The van der Waals surface area contributed by atoms with Gasteiger partial charge in [-0.2, -0.15) is 8.78 Å². The molecule has 0 spiro atoms. The molecule has 0 saturated carbocycles. The van der Waals surface area contributed by atoms with Gasteiger partial charge in [0, 0.05) is 6.54 Å². The van der Waals surface area contributed by atoms with Gasteiger partial charge in [-0.1, -0.05) is 25.5 Å². The average molecular weight is 273 g/mol. The first kappa shape index (κ1) is 15.9. The fraction of sp³-hybridized carbons (Fsp3) is 0.571. The summed E-state index contributed by atoms with van der Waals surface area (Å²) in [7, 11) is 1.95. The molecular formula is C14H21F2NO2. The molecule has 0 aliphatic carbocycles. The van der Waals surface area contributed by atoms with E-state index in [-0.39, 0.29) is 5.75 Å². The van der Waals surface area contributed by atoms with E-state index in [9.17, 15) is 13.9 Å². The summed E-state index contributed by atoms with van der Waals surface area (Å²) in [5.74, 6) is 0.102. The molecule has 1 unspecified atom stereocenters. The largest absolute Gasteiger partial charge is 0.435 e. The standard InChI is InChI=1S/C14H21F2NO2/c1-3-4-9-17(2)10-13(18)11-5-7-12(8-6-11)19-14(15)16/h5-8,13-14,18H,3-4,9-10H2,1-2H3. The van der Waals surface area contributed by atoms with E-state index in [1.54, 1.807) is 12.1 Å². The lowest BCUT2D eigenvalue weighted by Gasteiger charge is -2.20. The zero-order valence-electron chi connectivity index (χ0n) is 11.4. The summed E-state index contributed by atoms with van der Waals surface area (Å²) in [6.45, 7) is 0.747. The average Bonchev–Trinajstić information content (AvgIpc) is 2.36. The Labute approximate surface area is 112 Å². The van der Waals surface area contributed by atoms with Gasteiger partial charge in [0.05, 0.1) is 6.10 Å². The van der Waals surface area contributed by atoms with E-state index in [0.717, 1.165) is 19.4 Å². The van der Waals surface area contributed by atoms with Crippen molar-refractivity contribution < 1.29 is 18.6 Å². The molecule has 0 saturated heterocycles. The van der Waals surface area contributed by atoms with Crippen LogP contribution in [0.3, 0.4) is 0 Å². The highest BCUT2D eigenvalue weighted by Gasteiger charge is 2.11. The van der Waals surface area contributed by atoms with Gasteiger partial charge in [0.2, 0.25) is 0 Å². The number of rotatable bonds is 8. The molecule has 0 aromatic heterocycles. The fourth-order valence-electron chi connectivity index (χ4n) is 1.79. The lowest BCUT2D eigenvalue weighted by atomic mass is 10.1. The van der Waals surface area contributed by atoms with Crippen molar-refractivity contribution in [2.75, 3.05) is 20.1 Å². The smallest absolute Gasteiger partial charge is 0.387 e. The zero-order chi connectivity index (χ0) is 14.3. The second-order valence-electron chi connectivity index (χ2n) is 4.58. The van der Waals surface area contributed by atoms with Crippen molar-refractivity contribution >= 4 is 0 Å². The highest BCUT2D eigenvalue weighted by Crippen LogP contribution is 2.19. The van der Waals surface area contributed by atoms with Crippen LogP contribution in [0.4, 0.5) is 8.78 Å². The minimum absolute atomic E-state index is 0.102. The molecule has 0 aliphatic rings. The summed E-state index contributed by atoms with van der Waals surface area (Å²) in [5, 5.41) is 10.0. The number of likely N-dealkylation sites (N-methyl/N-ethyl adjacent to an activating group) is 1. The van der Waals surface area contributed by atoms with Crippen molar-refractivity contribution in [2.45, 2.75) is 32.5 Å². The van der Waals surface area contributed by atoms with Gasteiger partial charge < -0.3 is 14.7 Å². The Bertz CT molecular complexity index is 357. The Morgan fingerprint density at radius 1 is 1.26 bits per heavy atom. The summed E-state index contributed by atoms with van der Waals surface area (Å²) in [6, 6.07) is 6.10. The van der Waals surface area contributed by atoms with E-state index in [1.165, 1.54) is 12.1 Å². The molecule has 0 radical (unpaired) electrons. The lowest BCUT2D eigenvalue weighted by Crippen LogP contribution is -2.25. The van der Waals surface area contributed by atoms with Crippen molar-refractivity contribution in [3.63, 3.8) is 0 Å². The van der Waals surface area contributed by atoms with Crippen molar-refractivity contribution in [3.05, 3.63) is 29.8 Å². The van der Waals surface area contributed by atoms with Crippen LogP contribution in [0.25, 0.3) is 0 Å². The van der Waals surface area contributed by atoms with E-state index in [4.69, 9.17) is 0 Å². The van der Waals surface area contributed by atoms with Crippen LogP contribution < -0.4 is 4.74 Å². The van der Waals surface area contributed by atoms with Crippen LogP contribution in [0.15, 0.2) is 24.3 Å². The second-order valence-corrected chi connectivity index (χ2v) is 4.58. The Hall–Kier alpha value is -1.20. The minimum Gasteiger partial charge on any atom is -0.435 e. The van der Waals surface area contributed by atoms with Gasteiger partial charge in [-0.3, -0.25) is 0 Å². The molecule has 0 fully saturated rings. The summed E-state index contributed by atoms with van der Waals surface area (Å²) in [5.41, 5.74) is 0.699. The Morgan fingerprint density at radius 2 is 1.89 bits per heavy atom. The second kappa shape index (κ2) is 8.07. The fourth-order valence-corrected chi connectivity index (χ4v) is 1.79. The van der Waals surface area contributed by atoms with Crippen molar-refractivity contribution in [1.82, 2.24) is 4.90 Å². The molecule has 3 nitrogen and oxygen atoms in total. The molecule has 19 heavy (non-hydrogen) atoms. The molecule has 1 aromatic rings. The van der Waals surface area contributed by atoms with Gasteiger partial charge in [-0.15, -0.1) is 0 Å². The molecular weight excluding hydrogens is 252 g/mol. The van der Waals surface area contributed by atoms with Crippen LogP contribution >= 0.6 is 0 Å². The highest BCUT2D eigenvalue weighted by molar-refractivity contribution is 5.28. The Balaban J connectivity index is 2.50. The molecule has 0 amide bonds. The number of alkyl halides is 2. The SMILES string of the molecule is CCCCN(C)CC(O)c1ccc(OC(F)F)cc1. The van der Waals surface area contributed by atoms with Crippen molar-refractivity contribution in [3.8, 4) is 5.75 Å². The van der Waals surface area contributed by atoms with E-state index < -0.39 is 12.7 Å². The summed E-state index contributed by atoms with van der Waals surface area (Å²) < 4.78 is 28.2. The molecule has 5 heteroatoms. The minimum atomic E-state index is -2.82. The van der Waals surface area contributed by atoms with E-state index >= 15 is 0 Å². The Kier molecular flexibility index (Phi) is 6.73. The first-order chi connectivity index (χ1) is 9.02. The predicted octanol–water partition coefficient (Wildman–Crippen LogP) is 3.05. The third-order valence-corrected chi connectivity index (χ3v) is 2.87. The highest BCUT2D eigenvalue weighted by atomic mass is 19.3. The van der Waals surface area contributed by atoms with Gasteiger partial charge in [0.15, 0.2) is 0 Å². The number of aliphatic hydroxyl groups excluding tert-OH is 1. The maximum Gasteiger partial charge on any atom is 0.387 e. The third-order valence-electron chi connectivity index (χ3n) is 2.87. The van der Waals surface area contributed by atoms with Crippen LogP contribution in [0.2, 0.25) is 0 Å². The normalized spacial score (nSPS) is 13.0. The van der Waals surface area contributed by atoms with Gasteiger partial charge in [-0.25, -0.2) is 0 Å². The topological polar surface area (TPSA) is 32.7 Å². The predicted molar refractivity (Wildman–Crippen MR) is 70.4 cm³/mol. The van der Waals surface area contributed by atoms with Gasteiger partial charge in [0.1, 0.15) is 5.75 Å². The van der Waals surface area contributed by atoms with Crippen LogP contribution in [-0.4, -0.2) is 36.8 Å². The number of hydrogen-bond donors (Lipinski definition) is 1. The van der Waals surface area contributed by atoms with Crippen LogP contribution in [0, 0.1) is 0 Å². The summed E-state index contributed by atoms with van der Waals surface area (Å²) in [4.78, 5) is 2.05. The van der Waals surface area contributed by atoms with Crippen molar-refractivity contribution in [2.24, 2.45) is 0 Å². The molecule has 1 aromatic carbocycles. The molecule has 108 valence electrons. The third kappa shape index (κ3) is 5.98. The molecule has 1 rings (SSSR count). The lowest BCUT2D eigenvalue weighted by molar-refractivity contribution is -0.0498. The summed E-state index contributed by atoms with van der Waals surface area (Å²) in [6.07, 6.45) is 1.58. The quantitative estimate of drug-likeness (QED) is 0.790. The molecule has 1 atom stereocenters. The first-order valence-electron chi connectivity index (χ1n) is 6.44. The molecule has 0 heterocycles. The number of aliphatic hydroxyl groups is 1. The van der Waals surface area contributed by atoms with Gasteiger partial charge >= 0.3 is 6.61 Å². The maximum atomic E-state index is 12.0. The number of nitrogens with zero attached hydrogens (tertiary/aromatic N) is 1. The van der Waals surface area contributed by atoms with Gasteiger partial charge in [0.25, 0.3) is 0 Å².